The van der Waals surface area contributed by atoms with Gasteiger partial charge in [-0.2, -0.15) is 11.8 Å². The van der Waals surface area contributed by atoms with E-state index in [9.17, 15) is 14.4 Å². The molecule has 2 unspecified atom stereocenters. The number of ether oxygens (including phenoxy) is 1. The molecule has 7 nitrogen and oxygen atoms in total. The number of carboxylic acid groups (broad SMARTS) is 1. The van der Waals surface area contributed by atoms with E-state index in [1.807, 2.05) is 37.4 Å². The van der Waals surface area contributed by atoms with E-state index in [-0.39, 0.29) is 30.9 Å². The van der Waals surface area contributed by atoms with E-state index in [1.54, 1.807) is 11.8 Å². The van der Waals surface area contributed by atoms with Gasteiger partial charge in [-0.1, -0.05) is 48.5 Å². The number of alkyl carbamates (subject to hydrolysis) is 1. The molecular formula is C26H32N2O5S. The first-order valence-corrected chi connectivity index (χ1v) is 12.9. The number of thioether (sulfide) groups is 1. The number of carboxylic acids is 1. The maximum absolute atomic E-state index is 12.8. The lowest BCUT2D eigenvalue weighted by Crippen LogP contribution is -2.49. The fourth-order valence-corrected chi connectivity index (χ4v) is 4.73. The van der Waals surface area contributed by atoms with Crippen molar-refractivity contribution < 1.29 is 24.2 Å². The first kappa shape index (κ1) is 25.6. The lowest BCUT2D eigenvalue weighted by Gasteiger charge is -2.22. The Bertz CT molecular complexity index is 967. The van der Waals surface area contributed by atoms with Gasteiger partial charge in [-0.15, -0.1) is 0 Å². The topological polar surface area (TPSA) is 105 Å². The summed E-state index contributed by atoms with van der Waals surface area (Å²) in [5.74, 6) is -0.487. The van der Waals surface area contributed by atoms with Gasteiger partial charge in [0.05, 0.1) is 0 Å². The molecule has 0 saturated heterocycles. The molecule has 1 aliphatic rings. The Hall–Kier alpha value is -3.00. The molecule has 0 aliphatic heterocycles. The highest BCUT2D eigenvalue weighted by molar-refractivity contribution is 7.98. The maximum atomic E-state index is 12.8. The van der Waals surface area contributed by atoms with Crippen LogP contribution < -0.4 is 10.6 Å². The molecule has 1 aliphatic carbocycles. The number of carbonyl (C=O) groups is 3. The molecule has 182 valence electrons. The van der Waals surface area contributed by atoms with Crippen molar-refractivity contribution in [2.24, 2.45) is 0 Å². The highest BCUT2D eigenvalue weighted by atomic mass is 32.2. The van der Waals surface area contributed by atoms with Crippen LogP contribution in [-0.4, -0.2) is 53.8 Å². The third-order valence-electron chi connectivity index (χ3n) is 5.98. The number of aliphatic carboxylic acids is 1. The Morgan fingerprint density at radius 1 is 1.00 bits per heavy atom. The molecule has 34 heavy (non-hydrogen) atoms. The molecule has 3 N–H and O–H groups in total. The number of carbonyl (C=O) groups excluding carboxylic acids is 2. The van der Waals surface area contributed by atoms with Crippen molar-refractivity contribution in [3.8, 4) is 11.1 Å². The summed E-state index contributed by atoms with van der Waals surface area (Å²) in [7, 11) is 0. The van der Waals surface area contributed by atoms with Crippen molar-refractivity contribution >= 4 is 29.7 Å². The van der Waals surface area contributed by atoms with Crippen LogP contribution in [0.3, 0.4) is 0 Å². The van der Waals surface area contributed by atoms with Crippen molar-refractivity contribution in [2.75, 3.05) is 18.6 Å². The van der Waals surface area contributed by atoms with Gasteiger partial charge in [0.1, 0.15) is 12.6 Å². The molecule has 3 rings (SSSR count). The minimum absolute atomic E-state index is 0.0501. The van der Waals surface area contributed by atoms with Crippen molar-refractivity contribution in [3.63, 3.8) is 0 Å². The maximum Gasteiger partial charge on any atom is 0.407 e. The summed E-state index contributed by atoms with van der Waals surface area (Å²) in [4.78, 5) is 36.1. The summed E-state index contributed by atoms with van der Waals surface area (Å²) in [5, 5.41) is 14.4. The Labute approximate surface area is 204 Å². The van der Waals surface area contributed by atoms with Gasteiger partial charge in [0.25, 0.3) is 0 Å². The Balaban J connectivity index is 1.57. The van der Waals surface area contributed by atoms with Gasteiger partial charge < -0.3 is 20.5 Å². The normalized spacial score (nSPS) is 13.9. The molecule has 8 heteroatoms. The van der Waals surface area contributed by atoms with E-state index < -0.39 is 18.1 Å². The van der Waals surface area contributed by atoms with Gasteiger partial charge in [-0.25, -0.2) is 4.79 Å². The smallest absolute Gasteiger partial charge is 0.407 e. The van der Waals surface area contributed by atoms with E-state index >= 15 is 0 Å². The van der Waals surface area contributed by atoms with Crippen molar-refractivity contribution in [2.45, 2.75) is 50.6 Å². The van der Waals surface area contributed by atoms with Gasteiger partial charge >= 0.3 is 12.1 Å². The van der Waals surface area contributed by atoms with Crippen LogP contribution in [0.15, 0.2) is 48.5 Å². The summed E-state index contributed by atoms with van der Waals surface area (Å²) < 4.78 is 5.59. The molecule has 0 bridgehead atoms. The molecule has 0 radical (unpaired) electrons. The highest BCUT2D eigenvalue weighted by Gasteiger charge is 2.30. The first-order valence-electron chi connectivity index (χ1n) is 11.5. The molecule has 0 saturated carbocycles. The second-order valence-electron chi connectivity index (χ2n) is 8.50. The molecule has 0 fully saturated rings. The second kappa shape index (κ2) is 12.5. The molecule has 2 aromatic rings. The molecule has 0 heterocycles. The number of fused-ring (bicyclic) bond motifs is 3. The number of hydrogen-bond donors (Lipinski definition) is 3. The molecule has 0 spiro atoms. The van der Waals surface area contributed by atoms with Crippen LogP contribution >= 0.6 is 11.8 Å². The second-order valence-corrected chi connectivity index (χ2v) is 9.49. The first-order chi connectivity index (χ1) is 16.4. The fourth-order valence-electron chi connectivity index (χ4n) is 4.26. The molecular weight excluding hydrogens is 452 g/mol. The van der Waals surface area contributed by atoms with Crippen LogP contribution in [0.25, 0.3) is 11.1 Å². The fraction of sp³-hybridized carbons (Fsp3) is 0.423. The average molecular weight is 485 g/mol. The van der Waals surface area contributed by atoms with E-state index in [0.717, 1.165) is 22.3 Å². The SMILES string of the molecule is CSCCC(NC(=O)OCC1c2ccccc2-c2ccccc21)C(=O)NC(C)CCCC(=O)O. The lowest BCUT2D eigenvalue weighted by molar-refractivity contribution is -0.137. The third kappa shape index (κ3) is 6.76. The number of rotatable bonds is 12. The van der Waals surface area contributed by atoms with Gasteiger partial charge in [0.2, 0.25) is 5.91 Å². The number of benzene rings is 2. The van der Waals surface area contributed by atoms with Crippen LogP contribution in [-0.2, 0) is 14.3 Å². The summed E-state index contributed by atoms with van der Waals surface area (Å²) in [6.45, 7) is 2.01. The van der Waals surface area contributed by atoms with E-state index in [2.05, 4.69) is 34.9 Å². The van der Waals surface area contributed by atoms with Gasteiger partial charge in [0, 0.05) is 18.4 Å². The molecule has 2 amide bonds. The zero-order valence-electron chi connectivity index (χ0n) is 19.6. The monoisotopic (exact) mass is 484 g/mol. The Morgan fingerprint density at radius 3 is 2.21 bits per heavy atom. The quantitative estimate of drug-likeness (QED) is 0.412. The Kier molecular flexibility index (Phi) is 9.39. The summed E-state index contributed by atoms with van der Waals surface area (Å²) in [5.41, 5.74) is 4.56. The summed E-state index contributed by atoms with van der Waals surface area (Å²) >= 11 is 1.59. The largest absolute Gasteiger partial charge is 0.481 e. The van der Waals surface area contributed by atoms with Crippen LogP contribution in [0.4, 0.5) is 4.79 Å². The van der Waals surface area contributed by atoms with Gasteiger partial charge in [-0.05, 0) is 60.4 Å². The van der Waals surface area contributed by atoms with Crippen LogP contribution in [0, 0.1) is 0 Å². The highest BCUT2D eigenvalue weighted by Crippen LogP contribution is 2.44. The van der Waals surface area contributed by atoms with E-state index in [1.165, 1.54) is 0 Å². The van der Waals surface area contributed by atoms with E-state index in [0.29, 0.717) is 25.0 Å². The average Bonchev–Trinajstić information content (AvgIpc) is 3.13. The number of nitrogens with one attached hydrogen (secondary N) is 2. The molecule has 0 aromatic heterocycles. The zero-order valence-corrected chi connectivity index (χ0v) is 20.4. The van der Waals surface area contributed by atoms with Gasteiger partial charge in [0.15, 0.2) is 0 Å². The predicted molar refractivity (Wildman–Crippen MR) is 134 cm³/mol. The molecule has 2 aromatic carbocycles. The summed E-state index contributed by atoms with van der Waals surface area (Å²) in [6, 6.07) is 15.3. The van der Waals surface area contributed by atoms with Crippen LogP contribution in [0.5, 0.6) is 0 Å². The molecule has 2 atom stereocenters. The standard InChI is InChI=1S/C26H32N2O5S/c1-17(8-7-13-24(29)30)27-25(31)23(14-15-34-2)28-26(32)33-16-22-20-11-5-3-9-18(20)19-10-4-6-12-21(19)22/h3-6,9-12,17,22-23H,7-8,13-16H2,1-2H3,(H,27,31)(H,28,32)(H,29,30). The number of amides is 2. The number of hydrogen-bond acceptors (Lipinski definition) is 5. The zero-order chi connectivity index (χ0) is 24.5. The van der Waals surface area contributed by atoms with Crippen molar-refractivity contribution in [1.82, 2.24) is 10.6 Å². The van der Waals surface area contributed by atoms with Crippen molar-refractivity contribution in [1.29, 1.82) is 0 Å². The Morgan fingerprint density at radius 2 is 1.62 bits per heavy atom. The van der Waals surface area contributed by atoms with Crippen LogP contribution in [0.2, 0.25) is 0 Å². The lowest BCUT2D eigenvalue weighted by atomic mass is 9.98. The van der Waals surface area contributed by atoms with Crippen LogP contribution in [0.1, 0.15) is 49.7 Å². The minimum atomic E-state index is -0.853. The summed E-state index contributed by atoms with van der Waals surface area (Å²) in [6.07, 6.45) is 2.88. The predicted octanol–water partition coefficient (Wildman–Crippen LogP) is 4.41. The third-order valence-corrected chi connectivity index (χ3v) is 6.62. The minimum Gasteiger partial charge on any atom is -0.481 e. The van der Waals surface area contributed by atoms with Crippen molar-refractivity contribution in [3.05, 3.63) is 59.7 Å². The van der Waals surface area contributed by atoms with E-state index in [4.69, 9.17) is 9.84 Å². The van der Waals surface area contributed by atoms with Gasteiger partial charge in [-0.3, -0.25) is 9.59 Å².